The SMILES string of the molecule is CC(=O)N1CCC(CNc2nc3c(Cl)cccc3cc2[C@H](C)N)C1.Cl. The molecular weight excluding hydrogens is 359 g/mol. The second-order valence-corrected chi connectivity index (χ2v) is 6.93. The monoisotopic (exact) mass is 382 g/mol. The van der Waals surface area contributed by atoms with Crippen LogP contribution in [0, 0.1) is 5.92 Å². The number of benzene rings is 1. The largest absolute Gasteiger partial charge is 0.369 e. The second-order valence-electron chi connectivity index (χ2n) is 6.53. The fourth-order valence-electron chi connectivity index (χ4n) is 3.19. The van der Waals surface area contributed by atoms with Gasteiger partial charge in [-0.25, -0.2) is 4.98 Å². The van der Waals surface area contributed by atoms with Gasteiger partial charge in [0.05, 0.1) is 10.5 Å². The molecule has 1 amide bonds. The number of pyridine rings is 1. The Labute approximate surface area is 159 Å². The predicted octanol–water partition coefficient (Wildman–Crippen LogP) is 3.61. The van der Waals surface area contributed by atoms with Crippen molar-refractivity contribution >= 4 is 46.6 Å². The summed E-state index contributed by atoms with van der Waals surface area (Å²) >= 11 is 6.28. The number of carbonyl (C=O) groups is 1. The summed E-state index contributed by atoms with van der Waals surface area (Å²) in [6.45, 7) is 5.97. The molecule has 2 atom stereocenters. The molecule has 1 aromatic carbocycles. The maximum atomic E-state index is 11.5. The van der Waals surface area contributed by atoms with Gasteiger partial charge in [0, 0.05) is 43.5 Å². The highest BCUT2D eigenvalue weighted by molar-refractivity contribution is 6.35. The summed E-state index contributed by atoms with van der Waals surface area (Å²) in [5.74, 6) is 1.36. The van der Waals surface area contributed by atoms with Gasteiger partial charge in [-0.1, -0.05) is 23.7 Å². The maximum absolute atomic E-state index is 11.5. The first-order chi connectivity index (χ1) is 11.5. The van der Waals surface area contributed by atoms with Gasteiger partial charge in [0.2, 0.25) is 5.91 Å². The average Bonchev–Trinajstić information content (AvgIpc) is 3.02. The normalized spacial score (nSPS) is 18.1. The maximum Gasteiger partial charge on any atom is 0.219 e. The van der Waals surface area contributed by atoms with Crippen molar-refractivity contribution in [2.45, 2.75) is 26.3 Å². The van der Waals surface area contributed by atoms with Crippen LogP contribution in [0.3, 0.4) is 0 Å². The van der Waals surface area contributed by atoms with Crippen LogP contribution in [0.4, 0.5) is 5.82 Å². The van der Waals surface area contributed by atoms with E-state index in [-0.39, 0.29) is 24.4 Å². The molecular formula is C18H24Cl2N4O. The van der Waals surface area contributed by atoms with E-state index in [9.17, 15) is 4.79 Å². The Kier molecular flexibility index (Phi) is 6.49. The lowest BCUT2D eigenvalue weighted by molar-refractivity contribution is -0.127. The summed E-state index contributed by atoms with van der Waals surface area (Å²) in [5.41, 5.74) is 7.88. The van der Waals surface area contributed by atoms with Crippen molar-refractivity contribution < 1.29 is 4.79 Å². The third kappa shape index (κ3) is 4.35. The van der Waals surface area contributed by atoms with Crippen molar-refractivity contribution in [3.05, 3.63) is 34.9 Å². The Morgan fingerprint density at radius 3 is 2.92 bits per heavy atom. The van der Waals surface area contributed by atoms with E-state index < -0.39 is 0 Å². The van der Waals surface area contributed by atoms with Gasteiger partial charge in [-0.15, -0.1) is 12.4 Å². The number of likely N-dealkylation sites (tertiary alicyclic amines) is 1. The molecule has 2 heterocycles. The van der Waals surface area contributed by atoms with Crippen molar-refractivity contribution in [3.8, 4) is 0 Å². The lowest BCUT2D eigenvalue weighted by Crippen LogP contribution is -2.27. The Morgan fingerprint density at radius 1 is 1.52 bits per heavy atom. The Bertz CT molecular complexity index is 766. The summed E-state index contributed by atoms with van der Waals surface area (Å²) in [6.07, 6.45) is 1.01. The molecule has 2 aromatic rings. The van der Waals surface area contributed by atoms with Crippen LogP contribution in [0.2, 0.25) is 5.02 Å². The number of carbonyl (C=O) groups excluding carboxylic acids is 1. The van der Waals surface area contributed by atoms with Crippen LogP contribution in [-0.2, 0) is 4.79 Å². The molecule has 1 aromatic heterocycles. The molecule has 1 aliphatic heterocycles. The topological polar surface area (TPSA) is 71.2 Å². The minimum absolute atomic E-state index is 0. The zero-order valence-electron chi connectivity index (χ0n) is 14.5. The first kappa shape index (κ1) is 19.8. The molecule has 1 aliphatic rings. The Morgan fingerprint density at radius 2 is 2.28 bits per heavy atom. The molecule has 136 valence electrons. The third-order valence-corrected chi connectivity index (χ3v) is 4.91. The molecule has 1 fully saturated rings. The van der Waals surface area contributed by atoms with Crippen molar-refractivity contribution in [1.29, 1.82) is 0 Å². The number of hydrogen-bond donors (Lipinski definition) is 2. The molecule has 3 N–H and O–H groups in total. The predicted molar refractivity (Wildman–Crippen MR) is 105 cm³/mol. The van der Waals surface area contributed by atoms with E-state index in [2.05, 4.69) is 11.4 Å². The average molecular weight is 383 g/mol. The minimum atomic E-state index is -0.124. The lowest BCUT2D eigenvalue weighted by atomic mass is 10.1. The van der Waals surface area contributed by atoms with Gasteiger partial charge in [0.15, 0.2) is 0 Å². The number of para-hydroxylation sites is 1. The number of anilines is 1. The molecule has 0 saturated carbocycles. The summed E-state index contributed by atoms with van der Waals surface area (Å²) in [5, 5.41) is 5.05. The zero-order chi connectivity index (χ0) is 17.3. The Hall–Kier alpha value is -1.56. The fourth-order valence-corrected chi connectivity index (χ4v) is 3.42. The smallest absolute Gasteiger partial charge is 0.219 e. The van der Waals surface area contributed by atoms with Crippen molar-refractivity contribution in [3.63, 3.8) is 0 Å². The third-order valence-electron chi connectivity index (χ3n) is 4.61. The lowest BCUT2D eigenvalue weighted by Gasteiger charge is -2.18. The molecule has 1 saturated heterocycles. The molecule has 0 aliphatic carbocycles. The number of hydrogen-bond acceptors (Lipinski definition) is 4. The first-order valence-corrected chi connectivity index (χ1v) is 8.67. The molecule has 25 heavy (non-hydrogen) atoms. The van der Waals surface area contributed by atoms with E-state index in [1.54, 1.807) is 6.92 Å². The van der Waals surface area contributed by atoms with Crippen LogP contribution in [0.15, 0.2) is 24.3 Å². The summed E-state index contributed by atoms with van der Waals surface area (Å²) in [4.78, 5) is 18.1. The van der Waals surface area contributed by atoms with Crippen molar-refractivity contribution in [2.75, 3.05) is 25.0 Å². The summed E-state index contributed by atoms with van der Waals surface area (Å²) in [7, 11) is 0. The quantitative estimate of drug-likeness (QED) is 0.846. The standard InChI is InChI=1S/C18H23ClN4O.ClH/c1-11(20)15-8-14-4-3-5-16(19)17(14)22-18(15)21-9-13-6-7-23(10-13)12(2)24;/h3-5,8,11,13H,6-7,9-10,20H2,1-2H3,(H,21,22);1H/t11-,13?;/m0./s1. The van der Waals surface area contributed by atoms with Gasteiger partial charge in [-0.3, -0.25) is 4.79 Å². The van der Waals surface area contributed by atoms with Crippen LogP contribution < -0.4 is 11.1 Å². The fraction of sp³-hybridized carbons (Fsp3) is 0.444. The van der Waals surface area contributed by atoms with E-state index in [0.29, 0.717) is 10.9 Å². The van der Waals surface area contributed by atoms with Crippen molar-refractivity contribution in [1.82, 2.24) is 9.88 Å². The van der Waals surface area contributed by atoms with Gasteiger partial charge in [-0.2, -0.15) is 0 Å². The highest BCUT2D eigenvalue weighted by Crippen LogP contribution is 2.29. The summed E-state index contributed by atoms with van der Waals surface area (Å²) in [6, 6.07) is 7.68. The molecule has 0 radical (unpaired) electrons. The van der Waals surface area contributed by atoms with Crippen LogP contribution in [0.25, 0.3) is 10.9 Å². The van der Waals surface area contributed by atoms with Crippen LogP contribution in [0.5, 0.6) is 0 Å². The first-order valence-electron chi connectivity index (χ1n) is 8.30. The summed E-state index contributed by atoms with van der Waals surface area (Å²) < 4.78 is 0. The van der Waals surface area contributed by atoms with E-state index in [1.165, 1.54) is 0 Å². The van der Waals surface area contributed by atoms with Gasteiger partial charge in [0.25, 0.3) is 0 Å². The molecule has 7 heteroatoms. The number of nitrogens with zero attached hydrogens (tertiary/aromatic N) is 2. The van der Waals surface area contributed by atoms with E-state index >= 15 is 0 Å². The van der Waals surface area contributed by atoms with Gasteiger partial charge in [0.1, 0.15) is 5.82 Å². The highest BCUT2D eigenvalue weighted by atomic mass is 35.5. The van der Waals surface area contributed by atoms with Gasteiger partial charge < -0.3 is 16.0 Å². The zero-order valence-corrected chi connectivity index (χ0v) is 16.0. The number of fused-ring (bicyclic) bond motifs is 1. The number of nitrogens with one attached hydrogen (secondary N) is 1. The van der Waals surface area contributed by atoms with Crippen molar-refractivity contribution in [2.24, 2.45) is 11.7 Å². The highest BCUT2D eigenvalue weighted by Gasteiger charge is 2.24. The molecule has 3 rings (SSSR count). The Balaban J connectivity index is 0.00000225. The van der Waals surface area contributed by atoms with Crippen LogP contribution >= 0.6 is 24.0 Å². The number of amides is 1. The number of halogens is 2. The molecule has 5 nitrogen and oxygen atoms in total. The molecule has 1 unspecified atom stereocenters. The number of aromatic nitrogens is 1. The number of nitrogens with two attached hydrogens (primary N) is 1. The van der Waals surface area contributed by atoms with Crippen LogP contribution in [0.1, 0.15) is 31.9 Å². The van der Waals surface area contributed by atoms with E-state index in [1.807, 2.05) is 30.0 Å². The number of rotatable bonds is 4. The second kappa shape index (κ2) is 8.21. The van der Waals surface area contributed by atoms with E-state index in [4.69, 9.17) is 22.3 Å². The van der Waals surface area contributed by atoms with E-state index in [0.717, 1.165) is 48.3 Å². The van der Waals surface area contributed by atoms with Gasteiger partial charge in [-0.05, 0) is 31.4 Å². The molecule has 0 spiro atoms. The van der Waals surface area contributed by atoms with Crippen LogP contribution in [-0.4, -0.2) is 35.4 Å². The van der Waals surface area contributed by atoms with Gasteiger partial charge >= 0.3 is 0 Å². The minimum Gasteiger partial charge on any atom is -0.369 e. The molecule has 0 bridgehead atoms.